The Labute approximate surface area is 123 Å². The molecule has 6 heteroatoms. The number of thiophene rings is 1. The van der Waals surface area contributed by atoms with Crippen LogP contribution in [0.5, 0.6) is 0 Å². The van der Waals surface area contributed by atoms with Gasteiger partial charge in [0.15, 0.2) is 0 Å². The number of hydrogen-bond acceptors (Lipinski definition) is 5. The maximum atomic E-state index is 12.5. The zero-order valence-corrected chi connectivity index (χ0v) is 12.7. The highest BCUT2D eigenvalue weighted by Crippen LogP contribution is 2.16. The normalized spacial score (nSPS) is 16.3. The van der Waals surface area contributed by atoms with E-state index in [2.05, 4.69) is 4.90 Å². The van der Waals surface area contributed by atoms with E-state index < -0.39 is 0 Å². The Bertz CT molecular complexity index is 430. The van der Waals surface area contributed by atoms with Crippen molar-refractivity contribution in [2.45, 2.75) is 6.92 Å². The SMILES string of the molecule is Cc1cscc1C(=O)N(CCO)CCN1CCOCC1. The summed E-state index contributed by atoms with van der Waals surface area (Å²) >= 11 is 1.54. The lowest BCUT2D eigenvalue weighted by Crippen LogP contribution is -2.43. The van der Waals surface area contributed by atoms with Gasteiger partial charge in [0.05, 0.1) is 25.4 Å². The third-order valence-corrected chi connectivity index (χ3v) is 4.39. The standard InChI is InChI=1S/C14H22N2O3S/c1-12-10-20-11-13(12)14(18)16(4-7-17)3-2-15-5-8-19-9-6-15/h10-11,17H,2-9H2,1H3. The van der Waals surface area contributed by atoms with Gasteiger partial charge >= 0.3 is 0 Å². The van der Waals surface area contributed by atoms with Gasteiger partial charge in [0.2, 0.25) is 0 Å². The Morgan fingerprint density at radius 2 is 2.15 bits per heavy atom. The smallest absolute Gasteiger partial charge is 0.255 e. The Hall–Kier alpha value is -0.950. The molecule has 0 spiro atoms. The molecule has 1 aromatic heterocycles. The van der Waals surface area contributed by atoms with Crippen LogP contribution in [0, 0.1) is 6.92 Å². The summed E-state index contributed by atoms with van der Waals surface area (Å²) < 4.78 is 5.32. The predicted molar refractivity (Wildman–Crippen MR) is 79.3 cm³/mol. The summed E-state index contributed by atoms with van der Waals surface area (Å²) in [6.45, 7) is 7.17. The summed E-state index contributed by atoms with van der Waals surface area (Å²) in [7, 11) is 0. The maximum absolute atomic E-state index is 12.5. The van der Waals surface area contributed by atoms with E-state index in [1.54, 1.807) is 4.90 Å². The van der Waals surface area contributed by atoms with Gasteiger partial charge in [0, 0.05) is 38.1 Å². The summed E-state index contributed by atoms with van der Waals surface area (Å²) in [5, 5.41) is 13.0. The molecular formula is C14H22N2O3S. The lowest BCUT2D eigenvalue weighted by atomic mass is 10.2. The molecule has 0 aliphatic carbocycles. The highest BCUT2D eigenvalue weighted by atomic mass is 32.1. The molecule has 0 aromatic carbocycles. The van der Waals surface area contributed by atoms with Crippen LogP contribution in [0.3, 0.4) is 0 Å². The van der Waals surface area contributed by atoms with E-state index in [1.807, 2.05) is 17.7 Å². The first-order valence-electron chi connectivity index (χ1n) is 6.95. The van der Waals surface area contributed by atoms with Crippen molar-refractivity contribution >= 4 is 17.2 Å². The van der Waals surface area contributed by atoms with E-state index >= 15 is 0 Å². The average molecular weight is 298 g/mol. The average Bonchev–Trinajstić information content (AvgIpc) is 2.90. The molecule has 0 radical (unpaired) electrons. The largest absolute Gasteiger partial charge is 0.395 e. The van der Waals surface area contributed by atoms with Gasteiger partial charge in [-0.1, -0.05) is 0 Å². The van der Waals surface area contributed by atoms with Crippen molar-refractivity contribution in [2.75, 3.05) is 52.5 Å². The van der Waals surface area contributed by atoms with Crippen LogP contribution in [0.1, 0.15) is 15.9 Å². The number of aliphatic hydroxyl groups is 1. The molecule has 1 aliphatic heterocycles. The van der Waals surface area contributed by atoms with Gasteiger partial charge in [0.1, 0.15) is 0 Å². The molecule has 0 bridgehead atoms. The van der Waals surface area contributed by atoms with E-state index in [1.165, 1.54) is 11.3 Å². The highest BCUT2D eigenvalue weighted by molar-refractivity contribution is 7.08. The van der Waals surface area contributed by atoms with Gasteiger partial charge in [-0.05, 0) is 17.9 Å². The highest BCUT2D eigenvalue weighted by Gasteiger charge is 2.19. The van der Waals surface area contributed by atoms with Gasteiger partial charge in [-0.3, -0.25) is 9.69 Å². The van der Waals surface area contributed by atoms with Gasteiger partial charge in [-0.15, -0.1) is 0 Å². The molecule has 1 aromatic rings. The second kappa shape index (κ2) is 7.73. The predicted octanol–water partition coefficient (Wildman–Crippen LogP) is 0.823. The van der Waals surface area contributed by atoms with Crippen LogP contribution in [0.15, 0.2) is 10.8 Å². The van der Waals surface area contributed by atoms with Crippen molar-refractivity contribution < 1.29 is 14.6 Å². The fourth-order valence-corrected chi connectivity index (χ4v) is 3.09. The lowest BCUT2D eigenvalue weighted by Gasteiger charge is -2.30. The molecule has 20 heavy (non-hydrogen) atoms. The first kappa shape index (κ1) is 15.4. The zero-order valence-electron chi connectivity index (χ0n) is 11.9. The van der Waals surface area contributed by atoms with Crippen molar-refractivity contribution in [3.8, 4) is 0 Å². The molecule has 1 fully saturated rings. The maximum Gasteiger partial charge on any atom is 0.255 e. The first-order valence-corrected chi connectivity index (χ1v) is 7.89. The molecule has 0 saturated carbocycles. The van der Waals surface area contributed by atoms with Crippen LogP contribution in [0.4, 0.5) is 0 Å². The van der Waals surface area contributed by atoms with Crippen LogP contribution in [-0.4, -0.2) is 73.4 Å². The number of aliphatic hydroxyl groups excluding tert-OH is 1. The van der Waals surface area contributed by atoms with Gasteiger partial charge < -0.3 is 14.7 Å². The topological polar surface area (TPSA) is 53.0 Å². The fourth-order valence-electron chi connectivity index (χ4n) is 2.27. The number of rotatable bonds is 6. The Morgan fingerprint density at radius 3 is 2.75 bits per heavy atom. The molecular weight excluding hydrogens is 276 g/mol. The number of carbonyl (C=O) groups excluding carboxylic acids is 1. The van der Waals surface area contributed by atoms with Crippen LogP contribution in [0.2, 0.25) is 0 Å². The minimum atomic E-state index is -0.00195. The Kier molecular flexibility index (Phi) is 5.97. The first-order chi connectivity index (χ1) is 9.72. The van der Waals surface area contributed by atoms with E-state index in [-0.39, 0.29) is 12.5 Å². The molecule has 1 saturated heterocycles. The molecule has 0 unspecified atom stereocenters. The summed E-state index contributed by atoms with van der Waals surface area (Å²) in [6.07, 6.45) is 0. The Morgan fingerprint density at radius 1 is 1.40 bits per heavy atom. The minimum Gasteiger partial charge on any atom is -0.395 e. The Balaban J connectivity index is 1.92. The number of morpholine rings is 1. The quantitative estimate of drug-likeness (QED) is 0.845. The number of nitrogens with zero attached hydrogens (tertiary/aromatic N) is 2. The summed E-state index contributed by atoms with van der Waals surface area (Å²) in [6, 6.07) is 0. The van der Waals surface area contributed by atoms with Gasteiger partial charge in [-0.2, -0.15) is 11.3 Å². The fraction of sp³-hybridized carbons (Fsp3) is 0.643. The van der Waals surface area contributed by atoms with E-state index in [0.29, 0.717) is 13.1 Å². The molecule has 2 rings (SSSR count). The van der Waals surface area contributed by atoms with Gasteiger partial charge in [0.25, 0.3) is 5.91 Å². The van der Waals surface area contributed by atoms with Crippen molar-refractivity contribution in [1.29, 1.82) is 0 Å². The molecule has 5 nitrogen and oxygen atoms in total. The number of ether oxygens (including phenoxy) is 1. The number of aryl methyl sites for hydroxylation is 1. The molecule has 1 amide bonds. The van der Waals surface area contributed by atoms with Crippen molar-refractivity contribution in [3.05, 3.63) is 21.9 Å². The van der Waals surface area contributed by atoms with E-state index in [0.717, 1.165) is 44.0 Å². The third-order valence-electron chi connectivity index (χ3n) is 3.53. The molecule has 112 valence electrons. The van der Waals surface area contributed by atoms with Crippen LogP contribution >= 0.6 is 11.3 Å². The number of hydrogen-bond donors (Lipinski definition) is 1. The molecule has 1 N–H and O–H groups in total. The van der Waals surface area contributed by atoms with E-state index in [9.17, 15) is 4.79 Å². The second-order valence-corrected chi connectivity index (χ2v) is 5.68. The number of amides is 1. The van der Waals surface area contributed by atoms with Crippen molar-refractivity contribution in [3.63, 3.8) is 0 Å². The second-order valence-electron chi connectivity index (χ2n) is 4.94. The van der Waals surface area contributed by atoms with Gasteiger partial charge in [-0.25, -0.2) is 0 Å². The monoisotopic (exact) mass is 298 g/mol. The molecule has 2 heterocycles. The molecule has 0 atom stereocenters. The van der Waals surface area contributed by atoms with Crippen molar-refractivity contribution in [1.82, 2.24) is 9.80 Å². The minimum absolute atomic E-state index is 0.00195. The van der Waals surface area contributed by atoms with Crippen molar-refractivity contribution in [2.24, 2.45) is 0 Å². The summed E-state index contributed by atoms with van der Waals surface area (Å²) in [4.78, 5) is 16.5. The zero-order chi connectivity index (χ0) is 14.4. The van der Waals surface area contributed by atoms with E-state index in [4.69, 9.17) is 9.84 Å². The third kappa shape index (κ3) is 4.02. The molecule has 1 aliphatic rings. The van der Waals surface area contributed by atoms with Crippen LogP contribution in [-0.2, 0) is 4.74 Å². The summed E-state index contributed by atoms with van der Waals surface area (Å²) in [5.74, 6) is 0.0195. The lowest BCUT2D eigenvalue weighted by molar-refractivity contribution is 0.0315. The number of carbonyl (C=O) groups is 1. The van der Waals surface area contributed by atoms with Crippen LogP contribution in [0.25, 0.3) is 0 Å². The van der Waals surface area contributed by atoms with Crippen LogP contribution < -0.4 is 0 Å². The summed E-state index contributed by atoms with van der Waals surface area (Å²) in [5.41, 5.74) is 1.76.